The number of nitrogens with zero attached hydrogens (tertiary/aromatic N) is 1. The van der Waals surface area contributed by atoms with E-state index in [9.17, 15) is 36.6 Å². The summed E-state index contributed by atoms with van der Waals surface area (Å²) in [5, 5.41) is 12.4. The maximum atomic E-state index is 13.6. The molecule has 0 bridgehead atoms. The Morgan fingerprint density at radius 1 is 1.35 bits per heavy atom. The quantitative estimate of drug-likeness (QED) is 0.620. The molecule has 2 rings (SSSR count). The lowest BCUT2D eigenvalue weighted by atomic mass is 9.81. The first-order chi connectivity index (χ1) is 11.9. The maximum absolute atomic E-state index is 13.6. The molecule has 0 radical (unpaired) electrons. The van der Waals surface area contributed by atoms with Gasteiger partial charge in [-0.15, -0.1) is 0 Å². The van der Waals surface area contributed by atoms with Crippen molar-refractivity contribution in [2.24, 2.45) is 5.92 Å². The van der Waals surface area contributed by atoms with Crippen LogP contribution in [0.25, 0.3) is 0 Å². The second kappa shape index (κ2) is 6.71. The van der Waals surface area contributed by atoms with Crippen molar-refractivity contribution in [3.63, 3.8) is 0 Å². The van der Waals surface area contributed by atoms with E-state index in [1.807, 2.05) is 0 Å². The third-order valence-electron chi connectivity index (χ3n) is 4.12. The summed E-state index contributed by atoms with van der Waals surface area (Å²) in [7, 11) is 0.649. The summed E-state index contributed by atoms with van der Waals surface area (Å²) in [5.74, 6) is -6.51. The van der Waals surface area contributed by atoms with Gasteiger partial charge in [-0.3, -0.25) is 9.69 Å². The molecule has 1 fully saturated rings. The molecule has 0 aromatic heterocycles. The average molecular weight is 382 g/mol. The molecule has 0 spiro atoms. The summed E-state index contributed by atoms with van der Waals surface area (Å²) in [6.45, 7) is 1.04. The van der Waals surface area contributed by atoms with Gasteiger partial charge in [0.15, 0.2) is 11.6 Å². The summed E-state index contributed by atoms with van der Waals surface area (Å²) in [6, 6.07) is -1.10. The fourth-order valence-electron chi connectivity index (χ4n) is 2.79. The molecule has 6 nitrogen and oxygen atoms in total. The third-order valence-corrected chi connectivity index (χ3v) is 4.12. The highest BCUT2D eigenvalue weighted by molar-refractivity contribution is 5.83. The molecule has 0 saturated carbocycles. The second-order valence-corrected chi connectivity index (χ2v) is 5.61. The molecule has 144 valence electrons. The van der Waals surface area contributed by atoms with E-state index in [0.717, 1.165) is 6.07 Å². The molecule has 1 aliphatic rings. The highest BCUT2D eigenvalue weighted by atomic mass is 19.4. The van der Waals surface area contributed by atoms with E-state index in [0.29, 0.717) is 19.2 Å². The fourth-order valence-corrected chi connectivity index (χ4v) is 2.79. The van der Waals surface area contributed by atoms with Crippen LogP contribution in [0.4, 0.5) is 26.7 Å². The van der Waals surface area contributed by atoms with Crippen LogP contribution in [0.3, 0.4) is 0 Å². The third kappa shape index (κ3) is 3.06. The largest absolute Gasteiger partial charge is 0.466 e. The molecular formula is C15H15F5N2O4. The van der Waals surface area contributed by atoms with Crippen LogP contribution in [0.1, 0.15) is 18.5 Å². The summed E-state index contributed by atoms with van der Waals surface area (Å²) in [5.41, 5.74) is -4.26. The number of alkyl halides is 3. The molecule has 1 aromatic carbocycles. The van der Waals surface area contributed by atoms with Gasteiger partial charge < -0.3 is 15.2 Å². The molecule has 0 unspecified atom stereocenters. The Hall–Kier alpha value is -2.43. The number of benzene rings is 1. The van der Waals surface area contributed by atoms with E-state index in [1.165, 1.54) is 6.92 Å². The van der Waals surface area contributed by atoms with Gasteiger partial charge in [0.1, 0.15) is 5.92 Å². The molecular weight excluding hydrogens is 367 g/mol. The van der Waals surface area contributed by atoms with Crippen LogP contribution in [0, 0.1) is 17.6 Å². The van der Waals surface area contributed by atoms with Crippen LogP contribution in [0.15, 0.2) is 18.2 Å². The Bertz CT molecular complexity index is 726. The predicted molar refractivity (Wildman–Crippen MR) is 76.5 cm³/mol. The van der Waals surface area contributed by atoms with E-state index < -0.39 is 47.5 Å². The van der Waals surface area contributed by atoms with E-state index in [4.69, 9.17) is 0 Å². The van der Waals surface area contributed by atoms with Crippen molar-refractivity contribution in [1.82, 2.24) is 10.2 Å². The summed E-state index contributed by atoms with van der Waals surface area (Å²) in [4.78, 5) is 24.1. The molecule has 1 aromatic rings. The van der Waals surface area contributed by atoms with Crippen LogP contribution >= 0.6 is 0 Å². The molecule has 1 aliphatic heterocycles. The first-order valence-electron chi connectivity index (χ1n) is 7.40. The van der Waals surface area contributed by atoms with Crippen LogP contribution in [0.5, 0.6) is 0 Å². The minimum Gasteiger partial charge on any atom is -0.466 e. The van der Waals surface area contributed by atoms with Crippen molar-refractivity contribution in [2.75, 3.05) is 13.7 Å². The van der Waals surface area contributed by atoms with Gasteiger partial charge in [0, 0.05) is 7.05 Å². The molecule has 2 amide bonds. The summed E-state index contributed by atoms with van der Waals surface area (Å²) < 4.78 is 72.1. The average Bonchev–Trinajstić information content (AvgIpc) is 2.54. The number of carbonyl (C=O) groups is 2. The Balaban J connectivity index is 2.66. The van der Waals surface area contributed by atoms with Crippen molar-refractivity contribution >= 4 is 12.0 Å². The number of urea groups is 1. The van der Waals surface area contributed by atoms with Gasteiger partial charge in [0.25, 0.3) is 5.72 Å². The predicted octanol–water partition coefficient (Wildman–Crippen LogP) is 2.09. The SMILES string of the molecule is CCOC(=O)[C@@H]1[C@H](c2ccc(F)c(F)c2)NC(=O)N(C)[C@@]1(O)C(F)(F)F. The van der Waals surface area contributed by atoms with Crippen LogP contribution in [-0.4, -0.2) is 47.6 Å². The Labute approximate surface area is 144 Å². The Kier molecular flexibility index (Phi) is 5.13. The van der Waals surface area contributed by atoms with Gasteiger partial charge in [-0.1, -0.05) is 6.07 Å². The van der Waals surface area contributed by atoms with Crippen molar-refractivity contribution in [3.8, 4) is 0 Å². The molecule has 1 heterocycles. The fraction of sp³-hybridized carbons (Fsp3) is 0.467. The van der Waals surface area contributed by atoms with Crippen LogP contribution < -0.4 is 5.32 Å². The van der Waals surface area contributed by atoms with E-state index in [2.05, 4.69) is 10.1 Å². The number of amides is 2. The van der Waals surface area contributed by atoms with E-state index in [1.54, 1.807) is 0 Å². The number of rotatable bonds is 3. The monoisotopic (exact) mass is 382 g/mol. The number of hydrogen-bond donors (Lipinski definition) is 2. The topological polar surface area (TPSA) is 78.9 Å². The molecule has 0 aliphatic carbocycles. The lowest BCUT2D eigenvalue weighted by Gasteiger charge is -2.49. The first-order valence-corrected chi connectivity index (χ1v) is 7.40. The van der Waals surface area contributed by atoms with Gasteiger partial charge in [-0.05, 0) is 24.6 Å². The number of hydrogen-bond acceptors (Lipinski definition) is 4. The summed E-state index contributed by atoms with van der Waals surface area (Å²) in [6.07, 6.45) is -5.44. The van der Waals surface area contributed by atoms with Gasteiger partial charge in [0.2, 0.25) is 0 Å². The zero-order valence-corrected chi connectivity index (χ0v) is 13.6. The van der Waals surface area contributed by atoms with Crippen molar-refractivity contribution in [1.29, 1.82) is 0 Å². The van der Waals surface area contributed by atoms with Crippen molar-refractivity contribution < 1.29 is 41.4 Å². The highest BCUT2D eigenvalue weighted by Crippen LogP contribution is 2.46. The number of halogens is 5. The molecule has 26 heavy (non-hydrogen) atoms. The van der Waals surface area contributed by atoms with Crippen LogP contribution in [0.2, 0.25) is 0 Å². The maximum Gasteiger partial charge on any atom is 0.437 e. The van der Waals surface area contributed by atoms with E-state index in [-0.39, 0.29) is 17.1 Å². The number of aliphatic hydroxyl groups is 1. The second-order valence-electron chi connectivity index (χ2n) is 5.61. The minimum absolute atomic E-state index is 0.0784. The first kappa shape index (κ1) is 19.9. The van der Waals surface area contributed by atoms with Crippen molar-refractivity contribution in [3.05, 3.63) is 35.4 Å². The number of ether oxygens (including phenoxy) is 1. The van der Waals surface area contributed by atoms with Crippen molar-refractivity contribution in [2.45, 2.75) is 24.9 Å². The Morgan fingerprint density at radius 2 is 1.96 bits per heavy atom. The molecule has 1 saturated heterocycles. The van der Waals surface area contributed by atoms with Crippen LogP contribution in [-0.2, 0) is 9.53 Å². The minimum atomic E-state index is -5.44. The van der Waals surface area contributed by atoms with Gasteiger partial charge in [-0.25, -0.2) is 13.6 Å². The van der Waals surface area contributed by atoms with Gasteiger partial charge >= 0.3 is 18.2 Å². The lowest BCUT2D eigenvalue weighted by molar-refractivity contribution is -0.328. The van der Waals surface area contributed by atoms with Gasteiger partial charge in [0.05, 0.1) is 12.6 Å². The standard InChI is InChI=1S/C15H15F5N2O4/c1-3-26-12(23)10-11(7-4-5-8(16)9(17)6-7)21-13(24)22(2)14(10,25)15(18,19)20/h4-6,10-11,25H,3H2,1-2H3,(H,21,24)/t10-,11-,14-/m0/s1. The lowest BCUT2D eigenvalue weighted by Crippen LogP contribution is -2.73. The number of carbonyl (C=O) groups excluding carboxylic acids is 2. The van der Waals surface area contributed by atoms with E-state index >= 15 is 0 Å². The zero-order chi connectivity index (χ0) is 19.9. The Morgan fingerprint density at radius 3 is 2.46 bits per heavy atom. The zero-order valence-electron chi connectivity index (χ0n) is 13.6. The molecule has 3 atom stereocenters. The highest BCUT2D eigenvalue weighted by Gasteiger charge is 2.69. The number of esters is 1. The van der Waals surface area contributed by atoms with Gasteiger partial charge in [-0.2, -0.15) is 13.2 Å². The molecule has 2 N–H and O–H groups in total. The summed E-state index contributed by atoms with van der Waals surface area (Å²) >= 11 is 0. The smallest absolute Gasteiger partial charge is 0.437 e. The number of nitrogens with one attached hydrogen (secondary N) is 1. The normalized spacial score (nSPS) is 26.5. The molecule has 11 heteroatoms.